The Morgan fingerprint density at radius 1 is 1.24 bits per heavy atom. The van der Waals surface area contributed by atoms with Crippen LogP contribution in [0.4, 0.5) is 0 Å². The lowest BCUT2D eigenvalue weighted by Crippen LogP contribution is -2.43. The zero-order chi connectivity index (χ0) is 15.2. The highest BCUT2D eigenvalue weighted by Crippen LogP contribution is 2.35. The maximum Gasteiger partial charge on any atom is 0.0900 e. The number of rotatable bonds is 6. The highest BCUT2D eigenvalue weighted by molar-refractivity contribution is 4.81. The highest BCUT2D eigenvalue weighted by Gasteiger charge is 2.31. The number of hydrogen-bond donors (Lipinski definition) is 1. The fourth-order valence-corrected chi connectivity index (χ4v) is 3.68. The van der Waals surface area contributed by atoms with Gasteiger partial charge in [0.25, 0.3) is 0 Å². The lowest BCUT2D eigenvalue weighted by atomic mass is 9.75. The van der Waals surface area contributed by atoms with Crippen LogP contribution in [0.15, 0.2) is 0 Å². The lowest BCUT2D eigenvalue weighted by molar-refractivity contribution is -0.0782. The third kappa shape index (κ3) is 5.51. The molecule has 0 aromatic heterocycles. The third-order valence-corrected chi connectivity index (χ3v) is 5.04. The molecule has 124 valence electrons. The fourth-order valence-electron chi connectivity index (χ4n) is 3.68. The second-order valence-corrected chi connectivity index (χ2v) is 7.26. The van der Waals surface area contributed by atoms with Gasteiger partial charge in [0.1, 0.15) is 0 Å². The molecule has 0 bridgehead atoms. The van der Waals surface area contributed by atoms with Gasteiger partial charge in [-0.25, -0.2) is 0 Å². The Kier molecular flexibility index (Phi) is 6.93. The maximum atomic E-state index is 10.2. The Balaban J connectivity index is 1.73. The van der Waals surface area contributed by atoms with Crippen LogP contribution in [0, 0.1) is 17.8 Å². The van der Waals surface area contributed by atoms with Crippen molar-refractivity contribution in [3.05, 3.63) is 0 Å². The van der Waals surface area contributed by atoms with E-state index in [0.717, 1.165) is 38.6 Å². The molecule has 0 aromatic rings. The van der Waals surface area contributed by atoms with Crippen molar-refractivity contribution in [3.8, 4) is 0 Å². The molecule has 1 saturated heterocycles. The van der Waals surface area contributed by atoms with Gasteiger partial charge in [-0.05, 0) is 30.6 Å². The summed E-state index contributed by atoms with van der Waals surface area (Å²) in [6.07, 6.45) is 3.68. The van der Waals surface area contributed by atoms with Gasteiger partial charge in [-0.1, -0.05) is 27.2 Å². The first-order valence-electron chi connectivity index (χ1n) is 8.66. The number of aliphatic hydroxyl groups excluding tert-OH is 1. The molecule has 0 amide bonds. The van der Waals surface area contributed by atoms with Gasteiger partial charge in [-0.2, -0.15) is 0 Å². The van der Waals surface area contributed by atoms with Crippen molar-refractivity contribution < 1.29 is 14.6 Å². The Hall–Kier alpha value is -0.160. The van der Waals surface area contributed by atoms with Gasteiger partial charge in [0.2, 0.25) is 0 Å². The highest BCUT2D eigenvalue weighted by atomic mass is 16.5. The molecule has 2 fully saturated rings. The summed E-state index contributed by atoms with van der Waals surface area (Å²) in [5, 5.41) is 10.2. The molecule has 0 spiro atoms. The number of morpholine rings is 1. The van der Waals surface area contributed by atoms with Gasteiger partial charge in [-0.15, -0.1) is 0 Å². The molecule has 1 aliphatic carbocycles. The van der Waals surface area contributed by atoms with Crippen LogP contribution < -0.4 is 0 Å². The number of β-amino-alcohol motifs (C(OH)–C–C–N with tert-alkyl or cyclic N) is 1. The van der Waals surface area contributed by atoms with Crippen molar-refractivity contribution in [3.63, 3.8) is 0 Å². The van der Waals surface area contributed by atoms with E-state index in [-0.39, 0.29) is 6.10 Å². The van der Waals surface area contributed by atoms with E-state index in [4.69, 9.17) is 9.47 Å². The van der Waals surface area contributed by atoms with Crippen molar-refractivity contribution >= 4 is 0 Å². The first-order chi connectivity index (χ1) is 10.1. The van der Waals surface area contributed by atoms with Crippen molar-refractivity contribution in [2.75, 3.05) is 39.5 Å². The van der Waals surface area contributed by atoms with Gasteiger partial charge in [0.15, 0.2) is 0 Å². The number of nitrogens with zero attached hydrogens (tertiary/aromatic N) is 1. The van der Waals surface area contributed by atoms with Gasteiger partial charge in [-0.3, -0.25) is 4.90 Å². The van der Waals surface area contributed by atoms with Crippen molar-refractivity contribution in [2.24, 2.45) is 17.8 Å². The summed E-state index contributed by atoms with van der Waals surface area (Å²) in [5.41, 5.74) is 0. The van der Waals surface area contributed by atoms with Crippen LogP contribution in [-0.4, -0.2) is 61.7 Å². The summed E-state index contributed by atoms with van der Waals surface area (Å²) in [6, 6.07) is 0. The van der Waals surface area contributed by atoms with Gasteiger partial charge >= 0.3 is 0 Å². The molecule has 1 N–H and O–H groups in total. The molecule has 4 nitrogen and oxygen atoms in total. The second kappa shape index (κ2) is 8.47. The molecule has 1 heterocycles. The Bertz CT molecular complexity index is 292. The number of ether oxygens (including phenoxy) is 2. The number of aliphatic hydroxyl groups is 1. The van der Waals surface area contributed by atoms with Crippen LogP contribution in [0.3, 0.4) is 0 Å². The van der Waals surface area contributed by atoms with Gasteiger partial charge < -0.3 is 14.6 Å². The molecule has 0 aromatic carbocycles. The molecule has 2 rings (SSSR count). The zero-order valence-corrected chi connectivity index (χ0v) is 14.0. The van der Waals surface area contributed by atoms with Crippen LogP contribution in [-0.2, 0) is 9.47 Å². The fraction of sp³-hybridized carbons (Fsp3) is 1.00. The van der Waals surface area contributed by atoms with E-state index in [0.29, 0.717) is 31.1 Å². The maximum absolute atomic E-state index is 10.2. The smallest absolute Gasteiger partial charge is 0.0900 e. The topological polar surface area (TPSA) is 41.9 Å². The lowest BCUT2D eigenvalue weighted by Gasteiger charge is -2.38. The molecule has 0 unspecified atom stereocenters. The molecular weight excluding hydrogens is 266 g/mol. The molecule has 4 atom stereocenters. The van der Waals surface area contributed by atoms with Crippen molar-refractivity contribution in [1.82, 2.24) is 4.90 Å². The van der Waals surface area contributed by atoms with E-state index in [9.17, 15) is 5.11 Å². The quantitative estimate of drug-likeness (QED) is 0.816. The molecular formula is C17H33NO3. The summed E-state index contributed by atoms with van der Waals surface area (Å²) >= 11 is 0. The normalized spacial score (nSPS) is 33.3. The van der Waals surface area contributed by atoms with Crippen LogP contribution in [0.1, 0.15) is 40.0 Å². The van der Waals surface area contributed by atoms with E-state index in [1.54, 1.807) is 0 Å². The van der Waals surface area contributed by atoms with E-state index in [1.807, 2.05) is 0 Å². The first kappa shape index (κ1) is 17.2. The van der Waals surface area contributed by atoms with Gasteiger partial charge in [0, 0.05) is 19.6 Å². The SMILES string of the molecule is CC(C)[C@H]1CC[C@H](C)C[C@@H]1OC[C@H](O)CN1CCOCC1. The molecule has 1 saturated carbocycles. The molecule has 0 radical (unpaired) electrons. The minimum atomic E-state index is -0.381. The number of hydrogen-bond acceptors (Lipinski definition) is 4. The van der Waals surface area contributed by atoms with Crippen molar-refractivity contribution in [1.29, 1.82) is 0 Å². The summed E-state index contributed by atoms with van der Waals surface area (Å²) in [6.45, 7) is 11.5. The van der Waals surface area contributed by atoms with Crippen LogP contribution >= 0.6 is 0 Å². The van der Waals surface area contributed by atoms with E-state index in [1.165, 1.54) is 12.8 Å². The van der Waals surface area contributed by atoms with Gasteiger partial charge in [0.05, 0.1) is 32.0 Å². The molecule has 21 heavy (non-hydrogen) atoms. The van der Waals surface area contributed by atoms with Crippen LogP contribution in [0.25, 0.3) is 0 Å². The molecule has 1 aliphatic heterocycles. The van der Waals surface area contributed by atoms with E-state index < -0.39 is 0 Å². The third-order valence-electron chi connectivity index (χ3n) is 5.04. The average molecular weight is 299 g/mol. The largest absolute Gasteiger partial charge is 0.389 e. The Morgan fingerprint density at radius 2 is 1.95 bits per heavy atom. The second-order valence-electron chi connectivity index (χ2n) is 7.26. The van der Waals surface area contributed by atoms with Crippen molar-refractivity contribution in [2.45, 2.75) is 52.2 Å². The Morgan fingerprint density at radius 3 is 2.62 bits per heavy atom. The summed E-state index contributed by atoms with van der Waals surface area (Å²) < 4.78 is 11.5. The summed E-state index contributed by atoms with van der Waals surface area (Å²) in [7, 11) is 0. The predicted octanol–water partition coefficient (Wildman–Crippen LogP) is 2.16. The van der Waals surface area contributed by atoms with E-state index in [2.05, 4.69) is 25.7 Å². The summed E-state index contributed by atoms with van der Waals surface area (Å²) in [4.78, 5) is 2.26. The monoisotopic (exact) mass is 299 g/mol. The standard InChI is InChI=1S/C17H33NO3/c1-13(2)16-5-4-14(3)10-17(16)21-12-15(19)11-18-6-8-20-9-7-18/h13-17,19H,4-12H2,1-3H3/t14-,15+,16+,17-/m0/s1. The first-order valence-corrected chi connectivity index (χ1v) is 8.66. The van der Waals surface area contributed by atoms with Crippen LogP contribution in [0.2, 0.25) is 0 Å². The summed E-state index contributed by atoms with van der Waals surface area (Å²) in [5.74, 6) is 2.07. The minimum absolute atomic E-state index is 0.327. The molecule has 4 heteroatoms. The average Bonchev–Trinajstić information content (AvgIpc) is 2.46. The predicted molar refractivity (Wildman–Crippen MR) is 84.3 cm³/mol. The van der Waals surface area contributed by atoms with E-state index >= 15 is 0 Å². The van der Waals surface area contributed by atoms with Crippen LogP contribution in [0.5, 0.6) is 0 Å². The minimum Gasteiger partial charge on any atom is -0.389 e. The zero-order valence-electron chi connectivity index (χ0n) is 14.0. The Labute approximate surface area is 129 Å². The molecule has 2 aliphatic rings.